The van der Waals surface area contributed by atoms with Crippen LogP contribution in [0.2, 0.25) is 0 Å². The van der Waals surface area contributed by atoms with E-state index < -0.39 is 0 Å². The van der Waals surface area contributed by atoms with Gasteiger partial charge in [0, 0.05) is 16.6 Å². The number of aryl methyl sites for hydroxylation is 3. The van der Waals surface area contributed by atoms with Crippen molar-refractivity contribution in [3.05, 3.63) is 185 Å². The molecule has 0 bridgehead atoms. The lowest BCUT2D eigenvalue weighted by atomic mass is 9.88. The van der Waals surface area contributed by atoms with Gasteiger partial charge in [0.1, 0.15) is 5.82 Å². The van der Waals surface area contributed by atoms with E-state index in [9.17, 15) is 0 Å². The van der Waals surface area contributed by atoms with Crippen LogP contribution < -0.4 is 0 Å². The lowest BCUT2D eigenvalue weighted by Gasteiger charge is -2.16. The van der Waals surface area contributed by atoms with Crippen molar-refractivity contribution >= 4 is 16.5 Å². The molecule has 2 aliphatic carbocycles. The molecule has 5 aromatic carbocycles. The summed E-state index contributed by atoms with van der Waals surface area (Å²) in [4.78, 5) is 5.05. The average molecular weight is 633 g/mol. The molecule has 0 atom stereocenters. The van der Waals surface area contributed by atoms with Crippen LogP contribution in [0.25, 0.3) is 55.8 Å². The summed E-state index contributed by atoms with van der Waals surface area (Å²) in [6.45, 7) is 6.60. The Kier molecular flexibility index (Phi) is 8.15. The van der Waals surface area contributed by atoms with E-state index in [4.69, 9.17) is 4.98 Å². The van der Waals surface area contributed by atoms with Crippen LogP contribution in [-0.4, -0.2) is 9.55 Å². The molecule has 0 aliphatic heterocycles. The van der Waals surface area contributed by atoms with Crippen LogP contribution in [0, 0.1) is 20.8 Å². The second-order valence-electron chi connectivity index (χ2n) is 13.2. The number of aromatic nitrogens is 2. The van der Waals surface area contributed by atoms with Gasteiger partial charge < -0.3 is 0 Å². The lowest BCUT2D eigenvalue weighted by Crippen LogP contribution is -2.01. The largest absolute Gasteiger partial charge is 0.298 e. The van der Waals surface area contributed by atoms with Gasteiger partial charge in [-0.3, -0.25) is 4.57 Å². The summed E-state index contributed by atoms with van der Waals surface area (Å²) < 4.78 is 2.24. The molecule has 2 aromatic heterocycles. The average Bonchev–Trinajstić information content (AvgIpc) is 3.69. The third-order valence-corrected chi connectivity index (χ3v) is 10.0. The summed E-state index contributed by atoms with van der Waals surface area (Å²) in [6.07, 6.45) is 8.16. The fourth-order valence-electron chi connectivity index (χ4n) is 7.62. The Hall–Kier alpha value is -5.73. The highest BCUT2D eigenvalue weighted by atomic mass is 15.1. The Morgan fingerprint density at radius 3 is 2.10 bits per heavy atom. The molecule has 0 fully saturated rings. The summed E-state index contributed by atoms with van der Waals surface area (Å²) in [5.74, 6) is 0.943. The number of benzene rings is 5. The summed E-state index contributed by atoms with van der Waals surface area (Å²) in [5, 5.41) is 1.23. The van der Waals surface area contributed by atoms with Crippen molar-refractivity contribution in [2.75, 3.05) is 0 Å². The minimum Gasteiger partial charge on any atom is -0.298 e. The minimum absolute atomic E-state index is 0.943. The van der Waals surface area contributed by atoms with E-state index in [1.807, 2.05) is 12.1 Å². The van der Waals surface area contributed by atoms with Gasteiger partial charge in [-0.25, -0.2) is 4.98 Å². The zero-order chi connectivity index (χ0) is 33.3. The van der Waals surface area contributed by atoms with Crippen molar-refractivity contribution < 1.29 is 0 Å². The molecule has 0 spiro atoms. The first-order valence-electron chi connectivity index (χ1n) is 17.3. The van der Waals surface area contributed by atoms with Crippen molar-refractivity contribution in [1.82, 2.24) is 9.55 Å². The summed E-state index contributed by atoms with van der Waals surface area (Å²) >= 11 is 0. The predicted molar refractivity (Wildman–Crippen MR) is 207 cm³/mol. The molecular formula is C47H40N2. The van der Waals surface area contributed by atoms with Crippen LogP contribution in [0.4, 0.5) is 0 Å². The van der Waals surface area contributed by atoms with Crippen molar-refractivity contribution in [2.45, 2.75) is 40.0 Å². The Bertz CT molecular complexity index is 2310. The molecular weight excluding hydrogens is 593 g/mol. The number of hydrogen-bond donors (Lipinski definition) is 0. The van der Waals surface area contributed by atoms with Crippen molar-refractivity contribution in [3.63, 3.8) is 0 Å². The molecule has 9 rings (SSSR count). The quantitative estimate of drug-likeness (QED) is 0.189. The van der Waals surface area contributed by atoms with E-state index in [1.54, 1.807) is 11.1 Å². The molecule has 0 unspecified atom stereocenters. The minimum atomic E-state index is 0.943. The van der Waals surface area contributed by atoms with Gasteiger partial charge in [-0.15, -0.1) is 0 Å². The first-order chi connectivity index (χ1) is 24.0. The maximum atomic E-state index is 5.05. The van der Waals surface area contributed by atoms with Crippen LogP contribution in [0.3, 0.4) is 0 Å². The van der Waals surface area contributed by atoms with Gasteiger partial charge in [0.25, 0.3) is 0 Å². The van der Waals surface area contributed by atoms with Gasteiger partial charge in [-0.1, -0.05) is 127 Å². The van der Waals surface area contributed by atoms with Crippen LogP contribution in [0.1, 0.15) is 40.8 Å². The van der Waals surface area contributed by atoms with E-state index >= 15 is 0 Å². The van der Waals surface area contributed by atoms with Gasteiger partial charge in [0.15, 0.2) is 0 Å². The van der Waals surface area contributed by atoms with Gasteiger partial charge >= 0.3 is 0 Å². The van der Waals surface area contributed by atoms with Gasteiger partial charge in [-0.05, 0) is 120 Å². The van der Waals surface area contributed by atoms with Crippen LogP contribution in [0.15, 0.2) is 157 Å². The molecule has 49 heavy (non-hydrogen) atoms. The Morgan fingerprint density at radius 2 is 1.31 bits per heavy atom. The van der Waals surface area contributed by atoms with Crippen molar-refractivity contribution in [2.24, 2.45) is 0 Å². The molecule has 0 saturated carbocycles. The van der Waals surface area contributed by atoms with Gasteiger partial charge in [0.05, 0.1) is 11.2 Å². The normalized spacial score (nSPS) is 13.2. The van der Waals surface area contributed by atoms with Crippen LogP contribution >= 0.6 is 0 Å². The summed E-state index contributed by atoms with van der Waals surface area (Å²) in [6, 6.07) is 49.3. The second kappa shape index (κ2) is 13.1. The predicted octanol–water partition coefficient (Wildman–Crippen LogP) is 12.3. The second-order valence-corrected chi connectivity index (χ2v) is 13.2. The molecule has 2 nitrogen and oxygen atoms in total. The van der Waals surface area contributed by atoms with E-state index in [2.05, 4.69) is 165 Å². The van der Waals surface area contributed by atoms with Gasteiger partial charge in [0.2, 0.25) is 0 Å². The molecule has 0 radical (unpaired) electrons. The number of nitrogens with zero attached hydrogens (tertiary/aromatic N) is 2. The zero-order valence-corrected chi connectivity index (χ0v) is 28.4. The van der Waals surface area contributed by atoms with E-state index in [0.717, 1.165) is 23.5 Å². The van der Waals surface area contributed by atoms with Crippen molar-refractivity contribution in [3.8, 4) is 39.3 Å². The monoisotopic (exact) mass is 632 g/mol. The fraction of sp³-hybridized carbons (Fsp3) is 0.128. The molecule has 7 aromatic rings. The Balaban J connectivity index is 0.000000148. The number of para-hydroxylation sites is 1. The Morgan fingerprint density at radius 1 is 0.592 bits per heavy atom. The number of allylic oxidation sites excluding steroid dienone is 4. The molecule has 2 heterocycles. The topological polar surface area (TPSA) is 17.8 Å². The maximum absolute atomic E-state index is 5.05. The first-order valence-corrected chi connectivity index (χ1v) is 17.3. The smallest absolute Gasteiger partial charge is 0.138 e. The highest BCUT2D eigenvalue weighted by molar-refractivity contribution is 5.87. The van der Waals surface area contributed by atoms with E-state index in [1.165, 1.54) is 74.0 Å². The number of rotatable bonds is 4. The Labute approximate surface area is 289 Å². The zero-order valence-electron chi connectivity index (χ0n) is 28.4. The number of pyridine rings is 1. The van der Waals surface area contributed by atoms with E-state index in [0.29, 0.717) is 0 Å². The van der Waals surface area contributed by atoms with Crippen molar-refractivity contribution in [1.29, 1.82) is 0 Å². The third-order valence-electron chi connectivity index (χ3n) is 10.0. The molecule has 0 amide bonds. The third kappa shape index (κ3) is 5.85. The van der Waals surface area contributed by atoms with Crippen LogP contribution in [0.5, 0.6) is 0 Å². The van der Waals surface area contributed by atoms with E-state index in [-0.39, 0.29) is 0 Å². The molecule has 2 aliphatic rings. The molecule has 0 saturated heterocycles. The summed E-state index contributed by atoms with van der Waals surface area (Å²) in [7, 11) is 0. The SMILES string of the molecule is Cc1cc2ccccc2n1-c1cc(-c2ccccc2)cc(-c2ccccc2)n1.Cc1ccccc1-c1c(C)ccc2c1CC1=C2CCC=C1. The molecule has 0 N–H and O–H groups in total. The summed E-state index contributed by atoms with van der Waals surface area (Å²) in [5.41, 5.74) is 18.6. The van der Waals surface area contributed by atoms with Gasteiger partial charge in [-0.2, -0.15) is 0 Å². The van der Waals surface area contributed by atoms with Crippen LogP contribution in [-0.2, 0) is 6.42 Å². The highest BCUT2D eigenvalue weighted by Crippen LogP contribution is 2.44. The maximum Gasteiger partial charge on any atom is 0.138 e. The molecule has 238 valence electrons. The lowest BCUT2D eigenvalue weighted by molar-refractivity contribution is 0.997. The number of hydrogen-bond acceptors (Lipinski definition) is 1. The standard InChI is InChI=1S/C26H20N2.C21H20/c1-19-16-22-14-8-9-15-25(22)28(19)26-18-23(20-10-4-2-5-11-20)17-24(27-26)21-12-6-3-7-13-21;1-14-7-3-5-9-17(14)21-15(2)11-12-19-18-10-6-4-8-16(18)13-20(19)21/h2-18H,1H3;3-5,7-9,11-12H,6,10,13H2,1-2H3. The first kappa shape index (κ1) is 30.6. The molecule has 2 heteroatoms. The fourth-order valence-corrected chi connectivity index (χ4v) is 7.62. The highest BCUT2D eigenvalue weighted by Gasteiger charge is 2.25. The number of fused-ring (bicyclic) bond motifs is 3.